The molecule has 1 aliphatic heterocycles. The molecule has 1 heterocycles. The number of hydrogen-bond acceptors (Lipinski definition) is 4. The van der Waals surface area contributed by atoms with Crippen molar-refractivity contribution in [2.45, 2.75) is 13.0 Å². The van der Waals surface area contributed by atoms with Gasteiger partial charge >= 0.3 is 0 Å². The van der Waals surface area contributed by atoms with Crippen LogP contribution in [-0.4, -0.2) is 75.1 Å². The van der Waals surface area contributed by atoms with E-state index >= 15 is 0 Å². The molecule has 1 aliphatic rings. The van der Waals surface area contributed by atoms with Gasteiger partial charge in [-0.3, -0.25) is 14.6 Å². The van der Waals surface area contributed by atoms with Gasteiger partial charge in [-0.15, -0.1) is 0 Å². The van der Waals surface area contributed by atoms with Gasteiger partial charge in [0.15, 0.2) is 0 Å². The van der Waals surface area contributed by atoms with Crippen molar-refractivity contribution in [1.82, 2.24) is 20.4 Å². The summed E-state index contributed by atoms with van der Waals surface area (Å²) in [4.78, 5) is 16.0. The standard InChI is InChI=1S/C11H24N4O/c1-10(11(16)12-2)14(3)8-9-15-6-4-13-5-7-15/h10,13H,4-9H2,1-3H3,(H,12,16). The second kappa shape index (κ2) is 6.83. The Morgan fingerprint density at radius 2 is 2.12 bits per heavy atom. The Morgan fingerprint density at radius 3 is 2.69 bits per heavy atom. The molecule has 16 heavy (non-hydrogen) atoms. The van der Waals surface area contributed by atoms with E-state index in [1.54, 1.807) is 7.05 Å². The highest BCUT2D eigenvalue weighted by Crippen LogP contribution is 1.98. The van der Waals surface area contributed by atoms with Crippen LogP contribution in [0.4, 0.5) is 0 Å². The van der Waals surface area contributed by atoms with E-state index < -0.39 is 0 Å². The maximum Gasteiger partial charge on any atom is 0.236 e. The molecule has 0 aliphatic carbocycles. The number of carbonyl (C=O) groups excluding carboxylic acids is 1. The molecule has 2 N–H and O–H groups in total. The van der Waals surface area contributed by atoms with E-state index in [-0.39, 0.29) is 11.9 Å². The van der Waals surface area contributed by atoms with Crippen LogP contribution in [0.15, 0.2) is 0 Å². The van der Waals surface area contributed by atoms with Gasteiger partial charge < -0.3 is 10.6 Å². The van der Waals surface area contributed by atoms with Gasteiger partial charge in [0.25, 0.3) is 0 Å². The summed E-state index contributed by atoms with van der Waals surface area (Å²) in [5.41, 5.74) is 0. The van der Waals surface area contributed by atoms with Gasteiger partial charge in [-0.2, -0.15) is 0 Å². The van der Waals surface area contributed by atoms with E-state index in [0.717, 1.165) is 39.3 Å². The number of piperazine rings is 1. The summed E-state index contributed by atoms with van der Waals surface area (Å²) in [6.45, 7) is 8.30. The Bertz CT molecular complexity index is 216. The molecule has 5 nitrogen and oxygen atoms in total. The first-order valence-corrected chi connectivity index (χ1v) is 6.00. The number of rotatable bonds is 5. The predicted octanol–water partition coefficient (Wildman–Crippen LogP) is -1.04. The number of amides is 1. The van der Waals surface area contributed by atoms with E-state index in [1.807, 2.05) is 14.0 Å². The zero-order chi connectivity index (χ0) is 12.0. The van der Waals surface area contributed by atoms with E-state index in [2.05, 4.69) is 20.4 Å². The number of carbonyl (C=O) groups is 1. The van der Waals surface area contributed by atoms with Crippen LogP contribution in [-0.2, 0) is 4.79 Å². The van der Waals surface area contributed by atoms with Crippen molar-refractivity contribution in [3.63, 3.8) is 0 Å². The molecular formula is C11H24N4O. The molecule has 0 aromatic heterocycles. The predicted molar refractivity (Wildman–Crippen MR) is 65.5 cm³/mol. The fourth-order valence-electron chi connectivity index (χ4n) is 1.84. The molecule has 0 bridgehead atoms. The smallest absolute Gasteiger partial charge is 0.236 e. The summed E-state index contributed by atoms with van der Waals surface area (Å²) in [5, 5.41) is 6.01. The van der Waals surface area contributed by atoms with Gasteiger partial charge in [0.2, 0.25) is 5.91 Å². The first-order valence-electron chi connectivity index (χ1n) is 6.00. The first-order chi connectivity index (χ1) is 7.65. The monoisotopic (exact) mass is 228 g/mol. The highest BCUT2D eigenvalue weighted by atomic mass is 16.2. The Labute approximate surface area is 98.2 Å². The van der Waals surface area contributed by atoms with E-state index in [1.165, 1.54) is 0 Å². The van der Waals surface area contributed by atoms with Crippen LogP contribution in [0.25, 0.3) is 0 Å². The van der Waals surface area contributed by atoms with Crippen LogP contribution in [0.2, 0.25) is 0 Å². The zero-order valence-corrected chi connectivity index (χ0v) is 10.6. The van der Waals surface area contributed by atoms with Gasteiger partial charge in [-0.25, -0.2) is 0 Å². The fourth-order valence-corrected chi connectivity index (χ4v) is 1.84. The Hall–Kier alpha value is -0.650. The first kappa shape index (κ1) is 13.4. The molecule has 0 radical (unpaired) electrons. The zero-order valence-electron chi connectivity index (χ0n) is 10.6. The van der Waals surface area contributed by atoms with Crippen LogP contribution in [0, 0.1) is 0 Å². The van der Waals surface area contributed by atoms with Gasteiger partial charge in [0.05, 0.1) is 6.04 Å². The quantitative estimate of drug-likeness (QED) is 0.631. The average molecular weight is 228 g/mol. The van der Waals surface area contributed by atoms with Crippen LogP contribution < -0.4 is 10.6 Å². The van der Waals surface area contributed by atoms with E-state index in [4.69, 9.17) is 0 Å². The Morgan fingerprint density at radius 1 is 1.50 bits per heavy atom. The molecule has 94 valence electrons. The van der Waals surface area contributed by atoms with Crippen molar-refractivity contribution in [3.05, 3.63) is 0 Å². The highest BCUT2D eigenvalue weighted by molar-refractivity contribution is 5.80. The van der Waals surface area contributed by atoms with E-state index in [9.17, 15) is 4.79 Å². The van der Waals surface area contributed by atoms with Crippen LogP contribution in [0.1, 0.15) is 6.92 Å². The van der Waals surface area contributed by atoms with Crippen molar-refractivity contribution >= 4 is 5.91 Å². The van der Waals surface area contributed by atoms with Crippen LogP contribution in [0.5, 0.6) is 0 Å². The summed E-state index contributed by atoms with van der Waals surface area (Å²) < 4.78 is 0. The SMILES string of the molecule is CNC(=O)C(C)N(C)CCN1CCNCC1. The lowest BCUT2D eigenvalue weighted by Crippen LogP contribution is -2.48. The molecule has 0 spiro atoms. The number of likely N-dealkylation sites (N-methyl/N-ethyl adjacent to an activating group) is 2. The molecule has 1 amide bonds. The molecule has 1 rings (SSSR count). The largest absolute Gasteiger partial charge is 0.358 e. The summed E-state index contributed by atoms with van der Waals surface area (Å²) in [5.74, 6) is 0.0859. The van der Waals surface area contributed by atoms with Crippen molar-refractivity contribution < 1.29 is 4.79 Å². The maximum atomic E-state index is 11.4. The second-order valence-electron chi connectivity index (χ2n) is 4.36. The molecule has 1 unspecified atom stereocenters. The topological polar surface area (TPSA) is 47.6 Å². The highest BCUT2D eigenvalue weighted by Gasteiger charge is 2.17. The van der Waals surface area contributed by atoms with Crippen molar-refractivity contribution in [3.8, 4) is 0 Å². The lowest BCUT2D eigenvalue weighted by atomic mass is 10.2. The third kappa shape index (κ3) is 4.08. The van der Waals surface area contributed by atoms with Gasteiger partial charge in [0.1, 0.15) is 0 Å². The summed E-state index contributed by atoms with van der Waals surface area (Å²) >= 11 is 0. The second-order valence-corrected chi connectivity index (χ2v) is 4.36. The van der Waals surface area contributed by atoms with Gasteiger partial charge in [-0.05, 0) is 14.0 Å². The minimum absolute atomic E-state index is 0.0482. The van der Waals surface area contributed by atoms with Crippen molar-refractivity contribution in [2.24, 2.45) is 0 Å². The molecule has 0 saturated carbocycles. The van der Waals surface area contributed by atoms with Crippen molar-refractivity contribution in [1.29, 1.82) is 0 Å². The van der Waals surface area contributed by atoms with Gasteiger partial charge in [0, 0.05) is 46.3 Å². The summed E-state index contributed by atoms with van der Waals surface area (Å²) in [6.07, 6.45) is 0. The van der Waals surface area contributed by atoms with Crippen LogP contribution in [0.3, 0.4) is 0 Å². The third-order valence-corrected chi connectivity index (χ3v) is 3.27. The number of nitrogens with zero attached hydrogens (tertiary/aromatic N) is 2. The molecular weight excluding hydrogens is 204 g/mol. The fraction of sp³-hybridized carbons (Fsp3) is 0.909. The third-order valence-electron chi connectivity index (χ3n) is 3.27. The average Bonchev–Trinajstić information content (AvgIpc) is 2.35. The number of nitrogens with one attached hydrogen (secondary N) is 2. The Kier molecular flexibility index (Phi) is 5.73. The maximum absolute atomic E-state index is 11.4. The molecule has 0 aromatic rings. The molecule has 0 aromatic carbocycles. The molecule has 1 atom stereocenters. The molecule has 1 saturated heterocycles. The minimum atomic E-state index is -0.0482. The molecule has 1 fully saturated rings. The molecule has 5 heteroatoms. The lowest BCUT2D eigenvalue weighted by molar-refractivity contribution is -0.125. The summed E-state index contributed by atoms with van der Waals surface area (Å²) in [7, 11) is 3.69. The Balaban J connectivity index is 2.22. The minimum Gasteiger partial charge on any atom is -0.358 e. The van der Waals surface area contributed by atoms with Crippen molar-refractivity contribution in [2.75, 3.05) is 53.4 Å². The lowest BCUT2D eigenvalue weighted by Gasteiger charge is -2.30. The normalized spacial score (nSPS) is 19.8. The summed E-state index contributed by atoms with van der Waals surface area (Å²) in [6, 6.07) is -0.0482. The van der Waals surface area contributed by atoms with Crippen LogP contribution >= 0.6 is 0 Å². The number of hydrogen-bond donors (Lipinski definition) is 2. The van der Waals surface area contributed by atoms with Gasteiger partial charge in [-0.1, -0.05) is 0 Å². The van der Waals surface area contributed by atoms with E-state index in [0.29, 0.717) is 0 Å².